The third kappa shape index (κ3) is 3.74. The van der Waals surface area contributed by atoms with Gasteiger partial charge in [0.2, 0.25) is 0 Å². The van der Waals surface area contributed by atoms with Crippen LogP contribution in [0.25, 0.3) is 0 Å². The number of hydrogen-bond donors (Lipinski definition) is 1. The molecular formula is C15H32N2O2S. The molecule has 4 nitrogen and oxygen atoms in total. The summed E-state index contributed by atoms with van der Waals surface area (Å²) >= 11 is 0. The highest BCUT2D eigenvalue weighted by Gasteiger charge is 2.39. The first kappa shape index (κ1) is 17.9. The topological polar surface area (TPSA) is 49.4 Å². The predicted octanol–water partition coefficient (Wildman–Crippen LogP) is 2.05. The van der Waals surface area contributed by atoms with Crippen LogP contribution < -0.4 is 5.32 Å². The first-order chi connectivity index (χ1) is 9.08. The maximum absolute atomic E-state index is 12.3. The molecule has 0 aromatic rings. The quantitative estimate of drug-likeness (QED) is 0.844. The van der Waals surface area contributed by atoms with Crippen LogP contribution in [0.5, 0.6) is 0 Å². The zero-order valence-electron chi connectivity index (χ0n) is 14.0. The van der Waals surface area contributed by atoms with Crippen molar-refractivity contribution in [3.63, 3.8) is 0 Å². The van der Waals surface area contributed by atoms with Gasteiger partial charge in [-0.2, -0.15) is 0 Å². The Morgan fingerprint density at radius 3 is 2.25 bits per heavy atom. The van der Waals surface area contributed by atoms with E-state index < -0.39 is 14.6 Å². The number of hydrogen-bond acceptors (Lipinski definition) is 4. The molecule has 1 aliphatic rings. The Morgan fingerprint density at radius 2 is 1.80 bits per heavy atom. The summed E-state index contributed by atoms with van der Waals surface area (Å²) in [6, 6.07) is 0.429. The van der Waals surface area contributed by atoms with E-state index in [0.717, 1.165) is 25.9 Å². The van der Waals surface area contributed by atoms with Gasteiger partial charge in [-0.15, -0.1) is 0 Å². The summed E-state index contributed by atoms with van der Waals surface area (Å²) < 4.78 is 24.0. The monoisotopic (exact) mass is 304 g/mol. The van der Waals surface area contributed by atoms with E-state index in [2.05, 4.69) is 31.0 Å². The lowest BCUT2D eigenvalue weighted by Crippen LogP contribution is -2.64. The molecule has 120 valence electrons. The molecular weight excluding hydrogens is 272 g/mol. The average molecular weight is 305 g/mol. The molecule has 1 heterocycles. The Kier molecular flexibility index (Phi) is 5.67. The van der Waals surface area contributed by atoms with E-state index in [4.69, 9.17) is 0 Å². The van der Waals surface area contributed by atoms with Gasteiger partial charge in [0, 0.05) is 31.2 Å². The molecule has 1 N–H and O–H groups in total. The zero-order chi connectivity index (χ0) is 15.6. The molecule has 0 aromatic carbocycles. The number of nitrogens with one attached hydrogen (secondary N) is 1. The Morgan fingerprint density at radius 1 is 1.25 bits per heavy atom. The van der Waals surface area contributed by atoms with E-state index in [1.54, 1.807) is 20.8 Å². The first-order valence-corrected chi connectivity index (χ1v) is 9.44. The van der Waals surface area contributed by atoms with Crippen molar-refractivity contribution in [1.29, 1.82) is 0 Å². The minimum absolute atomic E-state index is 0.111. The molecule has 0 aliphatic carbocycles. The molecule has 0 amide bonds. The average Bonchev–Trinajstić information content (AvgIpc) is 2.36. The highest BCUT2D eigenvalue weighted by Crippen LogP contribution is 2.27. The predicted molar refractivity (Wildman–Crippen MR) is 85.9 cm³/mol. The fourth-order valence-corrected chi connectivity index (χ4v) is 3.95. The van der Waals surface area contributed by atoms with Gasteiger partial charge < -0.3 is 5.32 Å². The third-order valence-corrected chi connectivity index (χ3v) is 7.41. The SMILES string of the molecule is CCC1(CC)CNC(C)CN1CCS(=O)(=O)C(C)(C)C. The van der Waals surface area contributed by atoms with Crippen molar-refractivity contribution in [3.05, 3.63) is 0 Å². The van der Waals surface area contributed by atoms with Crippen molar-refractivity contribution in [3.8, 4) is 0 Å². The second-order valence-corrected chi connectivity index (χ2v) is 9.95. The van der Waals surface area contributed by atoms with Gasteiger partial charge in [-0.25, -0.2) is 8.42 Å². The van der Waals surface area contributed by atoms with Gasteiger partial charge in [0.1, 0.15) is 0 Å². The van der Waals surface area contributed by atoms with Gasteiger partial charge in [-0.1, -0.05) is 13.8 Å². The van der Waals surface area contributed by atoms with Crippen LogP contribution in [0.15, 0.2) is 0 Å². The molecule has 0 saturated carbocycles. The van der Waals surface area contributed by atoms with Gasteiger partial charge in [0.25, 0.3) is 0 Å². The van der Waals surface area contributed by atoms with Crippen LogP contribution in [0.4, 0.5) is 0 Å². The van der Waals surface area contributed by atoms with E-state index in [1.807, 2.05) is 0 Å². The van der Waals surface area contributed by atoms with Crippen LogP contribution in [0.3, 0.4) is 0 Å². The molecule has 20 heavy (non-hydrogen) atoms. The minimum Gasteiger partial charge on any atom is -0.311 e. The highest BCUT2D eigenvalue weighted by atomic mass is 32.2. The number of rotatable bonds is 5. The standard InChI is InChI=1S/C15H32N2O2S/c1-7-15(8-2)12-16-13(3)11-17(15)9-10-20(18,19)14(4,5)6/h13,16H,7-12H2,1-6H3. The molecule has 1 unspecified atom stereocenters. The summed E-state index contributed by atoms with van der Waals surface area (Å²) in [6.45, 7) is 14.5. The van der Waals surface area contributed by atoms with Gasteiger partial charge in [0.15, 0.2) is 9.84 Å². The van der Waals surface area contributed by atoms with E-state index >= 15 is 0 Å². The normalized spacial score (nSPS) is 24.8. The Bertz CT molecular complexity index is 408. The van der Waals surface area contributed by atoms with Crippen molar-refractivity contribution < 1.29 is 8.42 Å². The smallest absolute Gasteiger partial charge is 0.156 e. The van der Waals surface area contributed by atoms with Gasteiger partial charge in [0.05, 0.1) is 10.5 Å². The van der Waals surface area contributed by atoms with Crippen LogP contribution >= 0.6 is 0 Å². The Hall–Kier alpha value is -0.130. The summed E-state index contributed by atoms with van der Waals surface area (Å²) in [6.07, 6.45) is 2.11. The summed E-state index contributed by atoms with van der Waals surface area (Å²) in [5.74, 6) is 0.255. The van der Waals surface area contributed by atoms with Crippen LogP contribution in [-0.2, 0) is 9.84 Å². The maximum atomic E-state index is 12.3. The third-order valence-electron chi connectivity index (χ3n) is 4.82. The Balaban J connectivity index is 2.82. The van der Waals surface area contributed by atoms with E-state index in [1.165, 1.54) is 0 Å². The Labute approximate surface area is 125 Å². The molecule has 0 bridgehead atoms. The molecule has 1 aliphatic heterocycles. The highest BCUT2D eigenvalue weighted by molar-refractivity contribution is 7.92. The van der Waals surface area contributed by atoms with Crippen LogP contribution in [0, 0.1) is 0 Å². The molecule has 1 saturated heterocycles. The molecule has 0 spiro atoms. The number of sulfone groups is 1. The van der Waals surface area contributed by atoms with E-state index in [-0.39, 0.29) is 11.3 Å². The van der Waals surface area contributed by atoms with Crippen molar-refractivity contribution >= 4 is 9.84 Å². The lowest BCUT2D eigenvalue weighted by atomic mass is 9.87. The lowest BCUT2D eigenvalue weighted by molar-refractivity contribution is 0.0406. The number of nitrogens with zero attached hydrogens (tertiary/aromatic N) is 1. The van der Waals surface area contributed by atoms with Crippen molar-refractivity contribution in [2.45, 2.75) is 70.7 Å². The van der Waals surface area contributed by atoms with E-state index in [0.29, 0.717) is 12.6 Å². The summed E-state index contributed by atoms with van der Waals surface area (Å²) in [5.41, 5.74) is 0.111. The fourth-order valence-electron chi connectivity index (χ4n) is 2.88. The summed E-state index contributed by atoms with van der Waals surface area (Å²) in [7, 11) is -3.04. The van der Waals surface area contributed by atoms with Crippen LogP contribution in [-0.4, -0.2) is 55.0 Å². The van der Waals surface area contributed by atoms with Gasteiger partial charge in [-0.05, 0) is 40.5 Å². The second kappa shape index (κ2) is 6.32. The van der Waals surface area contributed by atoms with Crippen molar-refractivity contribution in [1.82, 2.24) is 10.2 Å². The van der Waals surface area contributed by atoms with Gasteiger partial charge in [-0.3, -0.25) is 4.90 Å². The molecule has 1 rings (SSSR count). The molecule has 0 aromatic heterocycles. The van der Waals surface area contributed by atoms with Crippen LogP contribution in [0.1, 0.15) is 54.4 Å². The molecule has 5 heteroatoms. The summed E-state index contributed by atoms with van der Waals surface area (Å²) in [4.78, 5) is 2.40. The second-order valence-electron chi connectivity index (χ2n) is 7.09. The number of piperazine rings is 1. The molecule has 0 radical (unpaired) electrons. The van der Waals surface area contributed by atoms with E-state index in [9.17, 15) is 8.42 Å². The molecule has 1 atom stereocenters. The maximum Gasteiger partial charge on any atom is 0.156 e. The van der Waals surface area contributed by atoms with Crippen molar-refractivity contribution in [2.24, 2.45) is 0 Å². The van der Waals surface area contributed by atoms with Crippen molar-refractivity contribution in [2.75, 3.05) is 25.4 Å². The van der Waals surface area contributed by atoms with Gasteiger partial charge >= 0.3 is 0 Å². The fraction of sp³-hybridized carbons (Fsp3) is 1.00. The first-order valence-electron chi connectivity index (χ1n) is 7.78. The lowest BCUT2D eigenvalue weighted by Gasteiger charge is -2.49. The zero-order valence-corrected chi connectivity index (χ0v) is 14.8. The molecule has 1 fully saturated rings. The van der Waals surface area contributed by atoms with Crippen LogP contribution in [0.2, 0.25) is 0 Å². The minimum atomic E-state index is -3.04. The largest absolute Gasteiger partial charge is 0.311 e. The summed E-state index contributed by atoms with van der Waals surface area (Å²) in [5, 5.41) is 3.54.